The van der Waals surface area contributed by atoms with Crippen LogP contribution in [0.15, 0.2) is 36.7 Å². The van der Waals surface area contributed by atoms with E-state index in [-0.39, 0.29) is 5.91 Å². The van der Waals surface area contributed by atoms with Crippen molar-refractivity contribution in [2.24, 2.45) is 0 Å². The SMILES string of the molecule is Cc1cccc(N2CCN(C(=O)c3cc(NC4CCCCC4)ncn3)CC2)c1. The minimum absolute atomic E-state index is 0.00186. The second-order valence-electron chi connectivity index (χ2n) is 7.89. The number of carbonyl (C=O) groups excluding carboxylic acids is 1. The monoisotopic (exact) mass is 379 g/mol. The molecular formula is C22H29N5O. The number of piperazine rings is 1. The molecule has 6 nitrogen and oxygen atoms in total. The number of nitrogens with zero attached hydrogens (tertiary/aromatic N) is 4. The Balaban J connectivity index is 1.36. The summed E-state index contributed by atoms with van der Waals surface area (Å²) < 4.78 is 0. The summed E-state index contributed by atoms with van der Waals surface area (Å²) in [5.41, 5.74) is 2.97. The van der Waals surface area contributed by atoms with E-state index in [0.717, 1.165) is 18.9 Å². The van der Waals surface area contributed by atoms with Crippen molar-refractivity contribution in [3.63, 3.8) is 0 Å². The average Bonchev–Trinajstić information content (AvgIpc) is 2.74. The fourth-order valence-electron chi connectivity index (χ4n) is 4.16. The molecule has 28 heavy (non-hydrogen) atoms. The molecule has 1 aromatic carbocycles. The minimum atomic E-state index is -0.00186. The van der Waals surface area contributed by atoms with Crippen LogP contribution in [0.1, 0.15) is 48.2 Å². The molecule has 1 aromatic heterocycles. The van der Waals surface area contributed by atoms with Crippen LogP contribution in [-0.2, 0) is 0 Å². The Kier molecular flexibility index (Phi) is 5.74. The van der Waals surface area contributed by atoms with Gasteiger partial charge in [-0.05, 0) is 37.5 Å². The molecule has 0 spiro atoms. The molecule has 1 saturated heterocycles. The second kappa shape index (κ2) is 8.59. The van der Waals surface area contributed by atoms with Gasteiger partial charge < -0.3 is 15.1 Å². The van der Waals surface area contributed by atoms with E-state index >= 15 is 0 Å². The van der Waals surface area contributed by atoms with Crippen molar-refractivity contribution in [3.05, 3.63) is 47.9 Å². The number of aryl methyl sites for hydroxylation is 1. The van der Waals surface area contributed by atoms with Crippen LogP contribution in [0.4, 0.5) is 11.5 Å². The topological polar surface area (TPSA) is 61.4 Å². The predicted molar refractivity (Wildman–Crippen MR) is 112 cm³/mol. The fraction of sp³-hybridized carbons (Fsp3) is 0.500. The van der Waals surface area contributed by atoms with E-state index in [1.54, 1.807) is 0 Å². The van der Waals surface area contributed by atoms with Crippen LogP contribution in [0.5, 0.6) is 0 Å². The zero-order chi connectivity index (χ0) is 19.3. The molecule has 1 saturated carbocycles. The molecule has 1 N–H and O–H groups in total. The first-order valence-corrected chi connectivity index (χ1v) is 10.4. The van der Waals surface area contributed by atoms with E-state index in [9.17, 15) is 4.79 Å². The van der Waals surface area contributed by atoms with Gasteiger partial charge in [-0.15, -0.1) is 0 Å². The molecule has 0 unspecified atom stereocenters. The maximum Gasteiger partial charge on any atom is 0.272 e. The third kappa shape index (κ3) is 4.43. The van der Waals surface area contributed by atoms with Gasteiger partial charge in [0, 0.05) is 44.0 Å². The van der Waals surface area contributed by atoms with Gasteiger partial charge in [0.05, 0.1) is 0 Å². The molecule has 0 radical (unpaired) electrons. The summed E-state index contributed by atoms with van der Waals surface area (Å²) in [6.45, 7) is 5.21. The van der Waals surface area contributed by atoms with Crippen molar-refractivity contribution in [1.82, 2.24) is 14.9 Å². The van der Waals surface area contributed by atoms with Crippen molar-refractivity contribution in [3.8, 4) is 0 Å². The number of anilines is 2. The first-order valence-electron chi connectivity index (χ1n) is 10.4. The van der Waals surface area contributed by atoms with Crippen molar-refractivity contribution in [2.45, 2.75) is 45.1 Å². The van der Waals surface area contributed by atoms with Crippen LogP contribution in [0.3, 0.4) is 0 Å². The van der Waals surface area contributed by atoms with Gasteiger partial charge in [0.15, 0.2) is 0 Å². The molecular weight excluding hydrogens is 350 g/mol. The maximum absolute atomic E-state index is 12.9. The molecule has 2 fully saturated rings. The number of benzene rings is 1. The van der Waals surface area contributed by atoms with E-state index in [1.165, 1.54) is 49.7 Å². The smallest absolute Gasteiger partial charge is 0.272 e. The fourth-order valence-corrected chi connectivity index (χ4v) is 4.16. The number of aromatic nitrogens is 2. The first kappa shape index (κ1) is 18.7. The van der Waals surface area contributed by atoms with E-state index in [4.69, 9.17) is 0 Å². The summed E-state index contributed by atoms with van der Waals surface area (Å²) in [7, 11) is 0. The molecule has 2 aliphatic rings. The molecule has 2 aromatic rings. The summed E-state index contributed by atoms with van der Waals surface area (Å²) in [4.78, 5) is 25.7. The van der Waals surface area contributed by atoms with Crippen LogP contribution in [0.2, 0.25) is 0 Å². The molecule has 1 aliphatic carbocycles. The number of hydrogen-bond acceptors (Lipinski definition) is 5. The highest BCUT2D eigenvalue weighted by atomic mass is 16.2. The van der Waals surface area contributed by atoms with Crippen molar-refractivity contribution >= 4 is 17.4 Å². The van der Waals surface area contributed by atoms with E-state index < -0.39 is 0 Å². The van der Waals surface area contributed by atoms with Crippen molar-refractivity contribution in [1.29, 1.82) is 0 Å². The van der Waals surface area contributed by atoms with Crippen LogP contribution in [0.25, 0.3) is 0 Å². The van der Waals surface area contributed by atoms with Crippen molar-refractivity contribution in [2.75, 3.05) is 36.4 Å². The Morgan fingerprint density at radius 1 is 1.04 bits per heavy atom. The van der Waals surface area contributed by atoms with Gasteiger partial charge in [-0.25, -0.2) is 9.97 Å². The lowest BCUT2D eigenvalue weighted by atomic mass is 9.95. The van der Waals surface area contributed by atoms with Gasteiger partial charge in [0.2, 0.25) is 0 Å². The van der Waals surface area contributed by atoms with Crippen LogP contribution in [-0.4, -0.2) is 53.0 Å². The molecule has 0 bridgehead atoms. The Hall–Kier alpha value is -2.63. The average molecular weight is 380 g/mol. The third-order valence-electron chi connectivity index (χ3n) is 5.78. The molecule has 0 atom stereocenters. The Morgan fingerprint density at radius 3 is 2.57 bits per heavy atom. The zero-order valence-electron chi connectivity index (χ0n) is 16.6. The number of rotatable bonds is 4. The Bertz CT molecular complexity index is 810. The third-order valence-corrected chi connectivity index (χ3v) is 5.78. The quantitative estimate of drug-likeness (QED) is 0.881. The summed E-state index contributed by atoms with van der Waals surface area (Å²) in [5.74, 6) is 0.765. The standard InChI is InChI=1S/C22H29N5O/c1-17-6-5-9-19(14-17)26-10-12-27(13-11-26)22(28)20-15-21(24-16-23-20)25-18-7-3-2-4-8-18/h5-6,9,14-16,18H,2-4,7-8,10-13H2,1H3,(H,23,24,25). The molecule has 1 amide bonds. The Labute approximate surface area is 167 Å². The van der Waals surface area contributed by atoms with E-state index in [1.807, 2.05) is 11.0 Å². The van der Waals surface area contributed by atoms with Gasteiger partial charge in [0.25, 0.3) is 5.91 Å². The summed E-state index contributed by atoms with van der Waals surface area (Å²) in [5, 5.41) is 3.48. The number of carbonyl (C=O) groups is 1. The predicted octanol–water partition coefficient (Wildman–Crippen LogP) is 3.49. The molecule has 148 valence electrons. The highest BCUT2D eigenvalue weighted by Gasteiger charge is 2.24. The van der Waals surface area contributed by atoms with Gasteiger partial charge in [-0.1, -0.05) is 31.4 Å². The number of nitrogens with one attached hydrogen (secondary N) is 1. The van der Waals surface area contributed by atoms with Gasteiger partial charge >= 0.3 is 0 Å². The number of hydrogen-bond donors (Lipinski definition) is 1. The molecule has 6 heteroatoms. The Morgan fingerprint density at radius 2 is 1.82 bits per heavy atom. The van der Waals surface area contributed by atoms with Gasteiger partial charge in [-0.2, -0.15) is 0 Å². The molecule has 1 aliphatic heterocycles. The lowest BCUT2D eigenvalue weighted by molar-refractivity contribution is 0.0740. The largest absolute Gasteiger partial charge is 0.368 e. The highest BCUT2D eigenvalue weighted by molar-refractivity contribution is 5.93. The van der Waals surface area contributed by atoms with E-state index in [2.05, 4.69) is 51.4 Å². The normalized spacial score (nSPS) is 18.2. The first-order chi connectivity index (χ1) is 13.7. The van der Waals surface area contributed by atoms with Crippen LogP contribution >= 0.6 is 0 Å². The molecule has 4 rings (SSSR count). The highest BCUT2D eigenvalue weighted by Crippen LogP contribution is 2.22. The lowest BCUT2D eigenvalue weighted by Gasteiger charge is -2.36. The zero-order valence-corrected chi connectivity index (χ0v) is 16.6. The minimum Gasteiger partial charge on any atom is -0.368 e. The van der Waals surface area contributed by atoms with Crippen molar-refractivity contribution < 1.29 is 4.79 Å². The van der Waals surface area contributed by atoms with Gasteiger partial charge in [-0.3, -0.25) is 4.79 Å². The van der Waals surface area contributed by atoms with Crippen LogP contribution < -0.4 is 10.2 Å². The number of amides is 1. The lowest BCUT2D eigenvalue weighted by Crippen LogP contribution is -2.49. The summed E-state index contributed by atoms with van der Waals surface area (Å²) in [6.07, 6.45) is 7.70. The second-order valence-corrected chi connectivity index (χ2v) is 7.89. The summed E-state index contributed by atoms with van der Waals surface area (Å²) >= 11 is 0. The van der Waals surface area contributed by atoms with E-state index in [0.29, 0.717) is 24.8 Å². The van der Waals surface area contributed by atoms with Gasteiger partial charge in [0.1, 0.15) is 17.8 Å². The maximum atomic E-state index is 12.9. The summed E-state index contributed by atoms with van der Waals surface area (Å²) in [6, 6.07) is 10.8. The molecule has 2 heterocycles. The van der Waals surface area contributed by atoms with Crippen LogP contribution in [0, 0.1) is 6.92 Å².